The zero-order valence-electron chi connectivity index (χ0n) is 14.4. The van der Waals surface area contributed by atoms with Crippen LogP contribution in [0.1, 0.15) is 17.8 Å². The first-order chi connectivity index (χ1) is 12.5. The Labute approximate surface area is 156 Å². The van der Waals surface area contributed by atoms with Crippen molar-refractivity contribution in [3.05, 3.63) is 59.3 Å². The van der Waals surface area contributed by atoms with Crippen LogP contribution in [0.25, 0.3) is 22.2 Å². The van der Waals surface area contributed by atoms with Gasteiger partial charge >= 0.3 is 0 Å². The quantitative estimate of drug-likeness (QED) is 0.706. The molecule has 3 aromatic rings. The average molecular weight is 364 g/mol. The molecule has 1 aromatic carbocycles. The number of nitriles is 1. The molecule has 2 N–H and O–H groups in total. The zero-order valence-corrected chi connectivity index (χ0v) is 15.1. The summed E-state index contributed by atoms with van der Waals surface area (Å²) in [6.07, 6.45) is 4.38. The Morgan fingerprint density at radius 1 is 1.38 bits per heavy atom. The van der Waals surface area contributed by atoms with Gasteiger partial charge in [-0.25, -0.2) is 0 Å². The monoisotopic (exact) mass is 363 g/mol. The minimum Gasteiger partial charge on any atom is -0.383 e. The molecule has 0 spiro atoms. The Morgan fingerprint density at radius 3 is 2.92 bits per heavy atom. The number of H-pyrrole nitrogens is 1. The number of halogens is 1. The molecule has 130 valence electrons. The van der Waals surface area contributed by atoms with E-state index >= 15 is 0 Å². The summed E-state index contributed by atoms with van der Waals surface area (Å²) < 4.78 is 0. The first kappa shape index (κ1) is 16.6. The van der Waals surface area contributed by atoms with Gasteiger partial charge in [0.25, 0.3) is 0 Å². The Hall–Kier alpha value is -2.84. The second-order valence-corrected chi connectivity index (χ2v) is 7.12. The molecule has 6 heteroatoms. The molecule has 1 aliphatic carbocycles. The van der Waals surface area contributed by atoms with E-state index in [0.717, 1.165) is 45.7 Å². The summed E-state index contributed by atoms with van der Waals surface area (Å²) in [6.45, 7) is 6.59. The Bertz CT molecular complexity index is 1030. The van der Waals surface area contributed by atoms with Gasteiger partial charge in [-0.05, 0) is 31.5 Å². The SMILES string of the molecule is C=C(NCc1cc2cc(Cl)c(-c3cnc(C)cn3)cc2[nH]1)C1CC1C#N. The smallest absolute Gasteiger partial charge is 0.0901 e. The van der Waals surface area contributed by atoms with E-state index in [1.807, 2.05) is 19.1 Å². The lowest BCUT2D eigenvalue weighted by atomic mass is 10.1. The van der Waals surface area contributed by atoms with Crippen molar-refractivity contribution in [2.45, 2.75) is 19.9 Å². The molecule has 0 aliphatic heterocycles. The Balaban J connectivity index is 1.55. The lowest BCUT2D eigenvalue weighted by molar-refractivity contribution is 0.723. The van der Waals surface area contributed by atoms with Gasteiger partial charge in [0.2, 0.25) is 0 Å². The predicted octanol–water partition coefficient (Wildman–Crippen LogP) is 4.35. The molecule has 1 aliphatic rings. The maximum absolute atomic E-state index is 8.92. The normalized spacial score (nSPS) is 18.5. The first-order valence-electron chi connectivity index (χ1n) is 8.47. The Morgan fingerprint density at radius 2 is 2.23 bits per heavy atom. The molecule has 0 saturated heterocycles. The molecule has 0 radical (unpaired) electrons. The van der Waals surface area contributed by atoms with Crippen LogP contribution >= 0.6 is 11.6 Å². The van der Waals surface area contributed by atoms with Crippen molar-refractivity contribution in [1.82, 2.24) is 20.3 Å². The van der Waals surface area contributed by atoms with Crippen LogP contribution < -0.4 is 5.32 Å². The minimum absolute atomic E-state index is 0.120. The van der Waals surface area contributed by atoms with Gasteiger partial charge in [0.15, 0.2) is 0 Å². The highest BCUT2D eigenvalue weighted by Gasteiger charge is 2.39. The zero-order chi connectivity index (χ0) is 18.3. The van der Waals surface area contributed by atoms with Gasteiger partial charge in [0, 0.05) is 40.0 Å². The fourth-order valence-corrected chi connectivity index (χ4v) is 3.37. The highest BCUT2D eigenvalue weighted by Crippen LogP contribution is 2.41. The lowest BCUT2D eigenvalue weighted by Gasteiger charge is -2.06. The van der Waals surface area contributed by atoms with Gasteiger partial charge < -0.3 is 10.3 Å². The van der Waals surface area contributed by atoms with Gasteiger partial charge in [0.1, 0.15) is 0 Å². The van der Waals surface area contributed by atoms with E-state index in [4.69, 9.17) is 16.9 Å². The molecule has 0 bridgehead atoms. The molecular formula is C20H18ClN5. The highest BCUT2D eigenvalue weighted by molar-refractivity contribution is 6.34. The van der Waals surface area contributed by atoms with Crippen LogP contribution in [0.5, 0.6) is 0 Å². The molecular weight excluding hydrogens is 346 g/mol. The van der Waals surface area contributed by atoms with E-state index in [0.29, 0.717) is 11.6 Å². The van der Waals surface area contributed by atoms with Crippen molar-refractivity contribution in [2.75, 3.05) is 0 Å². The summed E-state index contributed by atoms with van der Waals surface area (Å²) >= 11 is 6.45. The van der Waals surface area contributed by atoms with Crippen LogP contribution in [-0.4, -0.2) is 15.0 Å². The van der Waals surface area contributed by atoms with Crippen molar-refractivity contribution in [1.29, 1.82) is 5.26 Å². The molecule has 26 heavy (non-hydrogen) atoms. The third-order valence-electron chi connectivity index (χ3n) is 4.73. The number of aryl methyl sites for hydroxylation is 1. The van der Waals surface area contributed by atoms with Gasteiger partial charge in [-0.1, -0.05) is 18.2 Å². The maximum atomic E-state index is 8.92. The third-order valence-corrected chi connectivity index (χ3v) is 5.04. The summed E-state index contributed by atoms with van der Waals surface area (Å²) in [5, 5.41) is 13.9. The number of benzene rings is 1. The van der Waals surface area contributed by atoms with E-state index in [9.17, 15) is 0 Å². The summed E-state index contributed by atoms with van der Waals surface area (Å²) in [5.41, 5.74) is 5.44. The number of hydrogen-bond acceptors (Lipinski definition) is 4. The molecule has 2 unspecified atom stereocenters. The summed E-state index contributed by atoms with van der Waals surface area (Å²) in [6, 6.07) is 8.30. The van der Waals surface area contributed by atoms with Crippen molar-refractivity contribution in [3.8, 4) is 17.3 Å². The standard InChI is InChI=1S/C20H18ClN5/c1-11-8-25-20(10-23-11)17-6-19-13(5-18(17)21)3-15(26-19)9-24-12(2)16-4-14(16)7-22/h3,5-6,8,10,14,16,24,26H,2,4,9H2,1H3. The summed E-state index contributed by atoms with van der Waals surface area (Å²) in [7, 11) is 0. The Kier molecular flexibility index (Phi) is 4.14. The summed E-state index contributed by atoms with van der Waals surface area (Å²) in [4.78, 5) is 12.1. The molecule has 1 fully saturated rings. The lowest BCUT2D eigenvalue weighted by Crippen LogP contribution is -2.14. The second kappa shape index (κ2) is 6.47. The van der Waals surface area contributed by atoms with Gasteiger partial charge in [0.05, 0.1) is 41.1 Å². The predicted molar refractivity (Wildman–Crippen MR) is 102 cm³/mol. The molecule has 2 aromatic heterocycles. The number of nitrogens with one attached hydrogen (secondary N) is 2. The highest BCUT2D eigenvalue weighted by atomic mass is 35.5. The number of aromatic nitrogens is 3. The first-order valence-corrected chi connectivity index (χ1v) is 8.85. The van der Waals surface area contributed by atoms with Crippen LogP contribution in [0.3, 0.4) is 0 Å². The van der Waals surface area contributed by atoms with Gasteiger partial charge in [-0.2, -0.15) is 5.26 Å². The van der Waals surface area contributed by atoms with Crippen molar-refractivity contribution in [2.24, 2.45) is 11.8 Å². The second-order valence-electron chi connectivity index (χ2n) is 6.71. The van der Waals surface area contributed by atoms with E-state index in [2.05, 4.69) is 39.0 Å². The average Bonchev–Trinajstić information content (AvgIpc) is 3.33. The number of nitrogens with zero attached hydrogens (tertiary/aromatic N) is 3. The van der Waals surface area contributed by atoms with Crippen LogP contribution in [0.2, 0.25) is 5.02 Å². The fraction of sp³-hybridized carbons (Fsp3) is 0.250. The molecule has 1 saturated carbocycles. The van der Waals surface area contributed by atoms with Crippen molar-refractivity contribution >= 4 is 22.5 Å². The van der Waals surface area contributed by atoms with Gasteiger partial charge in [-0.15, -0.1) is 0 Å². The van der Waals surface area contributed by atoms with E-state index in [1.165, 1.54) is 0 Å². The van der Waals surface area contributed by atoms with Crippen molar-refractivity contribution in [3.63, 3.8) is 0 Å². The summed E-state index contributed by atoms with van der Waals surface area (Å²) in [5.74, 6) is 0.403. The number of rotatable bonds is 5. The molecule has 4 rings (SSSR count). The largest absolute Gasteiger partial charge is 0.383 e. The maximum Gasteiger partial charge on any atom is 0.0901 e. The fourth-order valence-electron chi connectivity index (χ4n) is 3.10. The number of aromatic amines is 1. The number of hydrogen-bond donors (Lipinski definition) is 2. The molecule has 2 heterocycles. The van der Waals surface area contributed by atoms with E-state index in [-0.39, 0.29) is 11.8 Å². The van der Waals surface area contributed by atoms with Crippen LogP contribution in [0, 0.1) is 30.1 Å². The third kappa shape index (κ3) is 3.16. The minimum atomic E-state index is 0.120. The number of fused-ring (bicyclic) bond motifs is 1. The number of allylic oxidation sites excluding steroid dienone is 1. The molecule has 0 amide bonds. The topological polar surface area (TPSA) is 77.4 Å². The molecule has 2 atom stereocenters. The van der Waals surface area contributed by atoms with Crippen molar-refractivity contribution < 1.29 is 0 Å². The van der Waals surface area contributed by atoms with E-state index < -0.39 is 0 Å². The van der Waals surface area contributed by atoms with Crippen LogP contribution in [-0.2, 0) is 6.54 Å². The van der Waals surface area contributed by atoms with Gasteiger partial charge in [-0.3, -0.25) is 9.97 Å². The van der Waals surface area contributed by atoms with Crippen LogP contribution in [0.15, 0.2) is 42.9 Å². The molecule has 5 nitrogen and oxygen atoms in total. The van der Waals surface area contributed by atoms with E-state index in [1.54, 1.807) is 12.4 Å². The van der Waals surface area contributed by atoms with Crippen LogP contribution in [0.4, 0.5) is 0 Å².